The maximum Gasteiger partial charge on any atom is 0.0628 e. The average molecular weight is 154 g/mol. The van der Waals surface area contributed by atoms with E-state index in [1.807, 2.05) is 13.8 Å². The standard InChI is InChI=1S/C10H18O/c1-10(2,11)8-9-6-4-3-5-7-9/h6,11H,3-5,7-8H2,1-2H3. The molecule has 0 aromatic heterocycles. The van der Waals surface area contributed by atoms with Crippen molar-refractivity contribution in [3.8, 4) is 0 Å². The van der Waals surface area contributed by atoms with Gasteiger partial charge in [-0.1, -0.05) is 11.6 Å². The molecule has 0 heterocycles. The lowest BCUT2D eigenvalue weighted by Gasteiger charge is -2.21. The van der Waals surface area contributed by atoms with Crippen molar-refractivity contribution in [2.75, 3.05) is 0 Å². The summed E-state index contributed by atoms with van der Waals surface area (Å²) in [6, 6.07) is 0. The van der Waals surface area contributed by atoms with Gasteiger partial charge in [-0.25, -0.2) is 0 Å². The molecule has 1 N–H and O–H groups in total. The van der Waals surface area contributed by atoms with Gasteiger partial charge in [-0.3, -0.25) is 0 Å². The highest BCUT2D eigenvalue weighted by Crippen LogP contribution is 2.24. The Bertz CT molecular complexity index is 151. The van der Waals surface area contributed by atoms with Crippen LogP contribution in [0.3, 0.4) is 0 Å². The number of hydrogen-bond acceptors (Lipinski definition) is 1. The molecule has 64 valence electrons. The molecule has 0 bridgehead atoms. The predicted molar refractivity (Wildman–Crippen MR) is 47.5 cm³/mol. The molecule has 0 saturated heterocycles. The molecule has 0 amide bonds. The minimum atomic E-state index is -0.511. The van der Waals surface area contributed by atoms with Crippen LogP contribution < -0.4 is 0 Å². The second-order valence-corrected chi connectivity index (χ2v) is 4.10. The topological polar surface area (TPSA) is 20.2 Å². The largest absolute Gasteiger partial charge is 0.390 e. The van der Waals surface area contributed by atoms with Crippen LogP contribution in [0.4, 0.5) is 0 Å². The molecule has 1 aliphatic carbocycles. The lowest BCUT2D eigenvalue weighted by molar-refractivity contribution is 0.0796. The molecule has 0 spiro atoms. The van der Waals surface area contributed by atoms with Crippen molar-refractivity contribution in [1.82, 2.24) is 0 Å². The van der Waals surface area contributed by atoms with Crippen LogP contribution in [0.5, 0.6) is 0 Å². The lowest BCUT2D eigenvalue weighted by Crippen LogP contribution is -2.19. The highest BCUT2D eigenvalue weighted by Gasteiger charge is 2.15. The zero-order chi connectivity index (χ0) is 8.32. The van der Waals surface area contributed by atoms with Crippen LogP contribution in [-0.4, -0.2) is 10.7 Å². The first-order valence-corrected chi connectivity index (χ1v) is 4.48. The quantitative estimate of drug-likeness (QED) is 0.606. The molecular weight excluding hydrogens is 136 g/mol. The van der Waals surface area contributed by atoms with Gasteiger partial charge in [0.1, 0.15) is 0 Å². The number of aliphatic hydroxyl groups is 1. The highest BCUT2D eigenvalue weighted by atomic mass is 16.3. The van der Waals surface area contributed by atoms with Gasteiger partial charge in [-0.05, 0) is 46.0 Å². The van der Waals surface area contributed by atoms with Gasteiger partial charge in [-0.2, -0.15) is 0 Å². The molecular formula is C10H18O. The van der Waals surface area contributed by atoms with Crippen molar-refractivity contribution < 1.29 is 5.11 Å². The smallest absolute Gasteiger partial charge is 0.0628 e. The van der Waals surface area contributed by atoms with Crippen molar-refractivity contribution in [1.29, 1.82) is 0 Å². The molecule has 0 radical (unpaired) electrons. The summed E-state index contributed by atoms with van der Waals surface area (Å²) in [5.74, 6) is 0. The van der Waals surface area contributed by atoms with Crippen LogP contribution >= 0.6 is 0 Å². The van der Waals surface area contributed by atoms with Crippen LogP contribution in [0.2, 0.25) is 0 Å². The van der Waals surface area contributed by atoms with Crippen LogP contribution in [0.25, 0.3) is 0 Å². The monoisotopic (exact) mass is 154 g/mol. The van der Waals surface area contributed by atoms with Crippen molar-refractivity contribution in [2.24, 2.45) is 0 Å². The third kappa shape index (κ3) is 3.57. The Labute approximate surface area is 69.1 Å². The van der Waals surface area contributed by atoms with E-state index in [1.165, 1.54) is 31.3 Å². The Morgan fingerprint density at radius 3 is 2.64 bits per heavy atom. The van der Waals surface area contributed by atoms with E-state index >= 15 is 0 Å². The molecule has 0 atom stereocenters. The molecule has 1 heteroatoms. The normalized spacial score (nSPS) is 19.7. The van der Waals surface area contributed by atoms with Crippen molar-refractivity contribution in [3.05, 3.63) is 11.6 Å². The zero-order valence-corrected chi connectivity index (χ0v) is 7.56. The van der Waals surface area contributed by atoms with E-state index in [0.717, 1.165) is 6.42 Å². The van der Waals surface area contributed by atoms with Gasteiger partial charge in [-0.15, -0.1) is 0 Å². The van der Waals surface area contributed by atoms with Crippen LogP contribution in [0.15, 0.2) is 11.6 Å². The Morgan fingerprint density at radius 1 is 1.45 bits per heavy atom. The van der Waals surface area contributed by atoms with E-state index in [2.05, 4.69) is 6.08 Å². The van der Waals surface area contributed by atoms with E-state index in [9.17, 15) is 5.11 Å². The SMILES string of the molecule is CC(C)(O)CC1=CCCCC1. The third-order valence-corrected chi connectivity index (χ3v) is 2.04. The van der Waals surface area contributed by atoms with E-state index in [-0.39, 0.29) is 0 Å². The van der Waals surface area contributed by atoms with Crippen LogP contribution in [-0.2, 0) is 0 Å². The molecule has 0 aliphatic heterocycles. The van der Waals surface area contributed by atoms with E-state index < -0.39 is 5.60 Å². The van der Waals surface area contributed by atoms with Crippen LogP contribution in [0.1, 0.15) is 46.0 Å². The van der Waals surface area contributed by atoms with E-state index in [4.69, 9.17) is 0 Å². The maximum absolute atomic E-state index is 9.53. The van der Waals surface area contributed by atoms with Gasteiger partial charge in [0, 0.05) is 0 Å². The van der Waals surface area contributed by atoms with Crippen molar-refractivity contribution >= 4 is 0 Å². The summed E-state index contributed by atoms with van der Waals surface area (Å²) >= 11 is 0. The molecule has 0 aromatic carbocycles. The summed E-state index contributed by atoms with van der Waals surface area (Å²) in [5, 5.41) is 9.53. The molecule has 11 heavy (non-hydrogen) atoms. The minimum Gasteiger partial charge on any atom is -0.390 e. The summed E-state index contributed by atoms with van der Waals surface area (Å²) in [5.41, 5.74) is 0.937. The Morgan fingerprint density at radius 2 is 2.18 bits per heavy atom. The highest BCUT2D eigenvalue weighted by molar-refractivity contribution is 5.07. The fraction of sp³-hybridized carbons (Fsp3) is 0.800. The van der Waals surface area contributed by atoms with Gasteiger partial charge in [0.25, 0.3) is 0 Å². The maximum atomic E-state index is 9.53. The molecule has 0 unspecified atom stereocenters. The number of hydrogen-bond donors (Lipinski definition) is 1. The fourth-order valence-corrected chi connectivity index (χ4v) is 1.62. The van der Waals surface area contributed by atoms with E-state index in [0.29, 0.717) is 0 Å². The first kappa shape index (κ1) is 8.79. The fourth-order valence-electron chi connectivity index (χ4n) is 1.62. The Balaban J connectivity index is 2.42. The molecule has 0 fully saturated rings. The zero-order valence-electron chi connectivity index (χ0n) is 7.56. The lowest BCUT2D eigenvalue weighted by atomic mass is 9.91. The van der Waals surface area contributed by atoms with E-state index in [1.54, 1.807) is 0 Å². The van der Waals surface area contributed by atoms with Crippen LogP contribution in [0, 0.1) is 0 Å². The van der Waals surface area contributed by atoms with Gasteiger partial charge in [0.15, 0.2) is 0 Å². The first-order chi connectivity index (χ1) is 5.08. The van der Waals surface area contributed by atoms with Gasteiger partial charge >= 0.3 is 0 Å². The van der Waals surface area contributed by atoms with Gasteiger partial charge in [0.05, 0.1) is 5.60 Å². The summed E-state index contributed by atoms with van der Waals surface area (Å²) in [6.07, 6.45) is 8.20. The molecule has 1 nitrogen and oxygen atoms in total. The summed E-state index contributed by atoms with van der Waals surface area (Å²) in [7, 11) is 0. The van der Waals surface area contributed by atoms with Gasteiger partial charge < -0.3 is 5.11 Å². The second kappa shape index (κ2) is 3.40. The second-order valence-electron chi connectivity index (χ2n) is 4.10. The Hall–Kier alpha value is -0.300. The Kier molecular flexibility index (Phi) is 2.72. The molecule has 0 aromatic rings. The first-order valence-electron chi connectivity index (χ1n) is 4.48. The summed E-state index contributed by atoms with van der Waals surface area (Å²) < 4.78 is 0. The summed E-state index contributed by atoms with van der Waals surface area (Å²) in [4.78, 5) is 0. The summed E-state index contributed by atoms with van der Waals surface area (Å²) in [6.45, 7) is 3.75. The number of rotatable bonds is 2. The van der Waals surface area contributed by atoms with Gasteiger partial charge in [0.2, 0.25) is 0 Å². The van der Waals surface area contributed by atoms with Crippen molar-refractivity contribution in [2.45, 2.75) is 51.6 Å². The average Bonchev–Trinajstić information content (AvgIpc) is 1.85. The van der Waals surface area contributed by atoms with Crippen molar-refractivity contribution in [3.63, 3.8) is 0 Å². The predicted octanol–water partition coefficient (Wildman–Crippen LogP) is 2.65. The molecule has 0 saturated carbocycles. The molecule has 1 rings (SSSR count). The third-order valence-electron chi connectivity index (χ3n) is 2.04. The number of allylic oxidation sites excluding steroid dienone is 1. The minimum absolute atomic E-state index is 0.511. The molecule has 1 aliphatic rings.